The van der Waals surface area contributed by atoms with E-state index in [4.69, 9.17) is 5.73 Å². The molecule has 0 saturated heterocycles. The van der Waals surface area contributed by atoms with Gasteiger partial charge in [0.25, 0.3) is 5.69 Å². The summed E-state index contributed by atoms with van der Waals surface area (Å²) >= 11 is 0. The first-order chi connectivity index (χ1) is 7.38. The molecule has 1 fully saturated rings. The normalized spacial score (nSPS) is 21.5. The van der Waals surface area contributed by atoms with Gasteiger partial charge in [-0.25, -0.2) is 0 Å². The Balaban J connectivity index is 2.18. The van der Waals surface area contributed by atoms with Crippen LogP contribution in [0.25, 0.3) is 0 Å². The zero-order valence-electron chi connectivity index (χ0n) is 9.36. The van der Waals surface area contributed by atoms with Gasteiger partial charge in [-0.15, -0.1) is 0 Å². The molecule has 0 spiro atoms. The van der Waals surface area contributed by atoms with Gasteiger partial charge in [0, 0.05) is 29.5 Å². The first-order valence-electron chi connectivity index (χ1n) is 5.20. The van der Waals surface area contributed by atoms with E-state index in [9.17, 15) is 10.1 Å². The van der Waals surface area contributed by atoms with E-state index in [-0.39, 0.29) is 11.1 Å². The van der Waals surface area contributed by atoms with Crippen LogP contribution in [-0.2, 0) is 0 Å². The maximum atomic E-state index is 10.7. The second-order valence-corrected chi connectivity index (χ2v) is 4.96. The predicted molar refractivity (Wildman–Crippen MR) is 63.3 cm³/mol. The average Bonchev–Trinajstić information content (AvgIpc) is 2.72. The monoisotopic (exact) mass is 221 g/mol. The zero-order valence-corrected chi connectivity index (χ0v) is 9.36. The predicted octanol–water partition coefficient (Wildman–Crippen LogP) is 2.39. The van der Waals surface area contributed by atoms with E-state index in [1.165, 1.54) is 12.1 Å². The summed E-state index contributed by atoms with van der Waals surface area (Å²) in [5.41, 5.74) is 7.06. The number of nitrogens with two attached hydrogens (primary N) is 1. The van der Waals surface area contributed by atoms with E-state index in [0.717, 1.165) is 12.1 Å². The minimum Gasteiger partial charge on any atom is -0.398 e. The Morgan fingerprint density at radius 1 is 1.50 bits per heavy atom. The SMILES string of the molecule is CC1(C)CC1Nc1cc(N)cc([N+](=O)[O-])c1. The van der Waals surface area contributed by atoms with Crippen LogP contribution in [0.3, 0.4) is 0 Å². The van der Waals surface area contributed by atoms with Crippen molar-refractivity contribution < 1.29 is 4.92 Å². The van der Waals surface area contributed by atoms with Gasteiger partial charge < -0.3 is 11.1 Å². The third-order valence-corrected chi connectivity index (χ3v) is 3.01. The van der Waals surface area contributed by atoms with Crippen LogP contribution in [0, 0.1) is 15.5 Å². The highest BCUT2D eigenvalue weighted by molar-refractivity contribution is 5.62. The Bertz CT molecular complexity index is 443. The van der Waals surface area contributed by atoms with Crippen LogP contribution >= 0.6 is 0 Å². The molecule has 0 aromatic heterocycles. The van der Waals surface area contributed by atoms with E-state index < -0.39 is 4.92 Å². The summed E-state index contributed by atoms with van der Waals surface area (Å²) in [4.78, 5) is 10.2. The van der Waals surface area contributed by atoms with Crippen LogP contribution in [0.1, 0.15) is 20.3 Å². The summed E-state index contributed by atoms with van der Waals surface area (Å²) in [6.45, 7) is 4.32. The van der Waals surface area contributed by atoms with E-state index >= 15 is 0 Å². The highest BCUT2D eigenvalue weighted by atomic mass is 16.6. The minimum absolute atomic E-state index is 0.0287. The van der Waals surface area contributed by atoms with Crippen molar-refractivity contribution in [2.45, 2.75) is 26.3 Å². The van der Waals surface area contributed by atoms with E-state index in [0.29, 0.717) is 11.7 Å². The Kier molecular flexibility index (Phi) is 2.26. The summed E-state index contributed by atoms with van der Waals surface area (Å²) in [7, 11) is 0. The van der Waals surface area contributed by atoms with Gasteiger partial charge >= 0.3 is 0 Å². The van der Waals surface area contributed by atoms with Crippen molar-refractivity contribution in [2.24, 2.45) is 5.41 Å². The molecule has 1 aromatic rings. The molecule has 5 heteroatoms. The molecule has 86 valence electrons. The number of nitrogen functional groups attached to an aromatic ring is 1. The lowest BCUT2D eigenvalue weighted by Crippen LogP contribution is -2.08. The molecule has 5 nitrogen and oxygen atoms in total. The molecule has 0 aliphatic heterocycles. The van der Waals surface area contributed by atoms with E-state index in [2.05, 4.69) is 19.2 Å². The summed E-state index contributed by atoms with van der Waals surface area (Å²) in [5.74, 6) is 0. The van der Waals surface area contributed by atoms with Gasteiger partial charge in [0.2, 0.25) is 0 Å². The number of rotatable bonds is 3. The lowest BCUT2D eigenvalue weighted by atomic mass is 10.2. The van der Waals surface area contributed by atoms with Crippen molar-refractivity contribution in [3.8, 4) is 0 Å². The van der Waals surface area contributed by atoms with Gasteiger partial charge in [0.1, 0.15) is 0 Å². The van der Waals surface area contributed by atoms with Crippen LogP contribution in [0.5, 0.6) is 0 Å². The molecule has 1 atom stereocenters. The Hall–Kier alpha value is -1.78. The quantitative estimate of drug-likeness (QED) is 0.466. The van der Waals surface area contributed by atoms with Crippen LogP contribution in [-0.4, -0.2) is 11.0 Å². The molecule has 1 saturated carbocycles. The molecule has 0 radical (unpaired) electrons. The van der Waals surface area contributed by atoms with Crippen LogP contribution < -0.4 is 11.1 Å². The van der Waals surface area contributed by atoms with E-state index in [1.54, 1.807) is 6.07 Å². The summed E-state index contributed by atoms with van der Waals surface area (Å²) in [5, 5.41) is 13.9. The molecule has 1 aliphatic carbocycles. The van der Waals surface area contributed by atoms with Crippen LogP contribution in [0.15, 0.2) is 18.2 Å². The van der Waals surface area contributed by atoms with Gasteiger partial charge in [-0.1, -0.05) is 13.8 Å². The van der Waals surface area contributed by atoms with Crippen LogP contribution in [0.4, 0.5) is 17.1 Å². The maximum Gasteiger partial charge on any atom is 0.273 e. The van der Waals surface area contributed by atoms with Crippen molar-refractivity contribution in [2.75, 3.05) is 11.1 Å². The number of nitrogens with one attached hydrogen (secondary N) is 1. The first kappa shape index (κ1) is 10.7. The largest absolute Gasteiger partial charge is 0.398 e. The Morgan fingerprint density at radius 3 is 2.62 bits per heavy atom. The lowest BCUT2D eigenvalue weighted by molar-refractivity contribution is -0.384. The molecule has 0 amide bonds. The molecule has 0 heterocycles. The lowest BCUT2D eigenvalue weighted by Gasteiger charge is -2.08. The third kappa shape index (κ3) is 2.08. The van der Waals surface area contributed by atoms with Crippen molar-refractivity contribution in [1.82, 2.24) is 0 Å². The fraction of sp³-hybridized carbons (Fsp3) is 0.455. The molecular weight excluding hydrogens is 206 g/mol. The van der Waals surface area contributed by atoms with Gasteiger partial charge in [-0.3, -0.25) is 10.1 Å². The second kappa shape index (κ2) is 3.37. The van der Waals surface area contributed by atoms with Crippen molar-refractivity contribution in [3.63, 3.8) is 0 Å². The minimum atomic E-state index is -0.431. The Labute approximate surface area is 93.8 Å². The molecule has 1 aromatic carbocycles. The number of nitro benzene ring substituents is 1. The summed E-state index contributed by atoms with van der Waals surface area (Å²) in [6, 6.07) is 4.99. The van der Waals surface area contributed by atoms with Crippen molar-refractivity contribution in [3.05, 3.63) is 28.3 Å². The maximum absolute atomic E-state index is 10.7. The highest BCUT2D eigenvalue weighted by Gasteiger charge is 2.45. The number of benzene rings is 1. The molecule has 16 heavy (non-hydrogen) atoms. The van der Waals surface area contributed by atoms with Gasteiger partial charge in [0.05, 0.1) is 4.92 Å². The van der Waals surface area contributed by atoms with Crippen LogP contribution in [0.2, 0.25) is 0 Å². The zero-order chi connectivity index (χ0) is 11.9. The number of hydrogen-bond acceptors (Lipinski definition) is 4. The smallest absolute Gasteiger partial charge is 0.273 e. The fourth-order valence-corrected chi connectivity index (χ4v) is 1.74. The Morgan fingerprint density at radius 2 is 2.12 bits per heavy atom. The van der Waals surface area contributed by atoms with Gasteiger partial charge in [0.15, 0.2) is 0 Å². The standard InChI is InChI=1S/C11H15N3O2/c1-11(2)6-10(11)13-8-3-7(12)4-9(5-8)14(15)16/h3-5,10,13H,6,12H2,1-2H3. The second-order valence-electron chi connectivity index (χ2n) is 4.96. The van der Waals surface area contributed by atoms with Gasteiger partial charge in [-0.2, -0.15) is 0 Å². The fourth-order valence-electron chi connectivity index (χ4n) is 1.74. The first-order valence-corrected chi connectivity index (χ1v) is 5.20. The summed E-state index contributed by atoms with van der Waals surface area (Å²) in [6.07, 6.45) is 1.08. The molecule has 2 rings (SSSR count). The number of anilines is 2. The van der Waals surface area contributed by atoms with Gasteiger partial charge in [-0.05, 0) is 17.9 Å². The highest BCUT2D eigenvalue weighted by Crippen LogP contribution is 2.46. The molecular formula is C11H15N3O2. The number of hydrogen-bond donors (Lipinski definition) is 2. The van der Waals surface area contributed by atoms with E-state index in [1.807, 2.05) is 0 Å². The number of nitro groups is 1. The molecule has 1 aliphatic rings. The average molecular weight is 221 g/mol. The van der Waals surface area contributed by atoms with Crippen molar-refractivity contribution >= 4 is 17.1 Å². The molecule has 0 bridgehead atoms. The topological polar surface area (TPSA) is 81.2 Å². The third-order valence-electron chi connectivity index (χ3n) is 3.01. The van der Waals surface area contributed by atoms with Crippen molar-refractivity contribution in [1.29, 1.82) is 0 Å². The summed E-state index contributed by atoms with van der Waals surface area (Å²) < 4.78 is 0. The number of nitrogens with zero attached hydrogens (tertiary/aromatic N) is 1. The number of non-ortho nitro benzene ring substituents is 1. The molecule has 3 N–H and O–H groups in total. The molecule has 1 unspecified atom stereocenters.